The molecule has 1 amide bonds. The number of nitrogens with zero attached hydrogens (tertiary/aromatic N) is 6. The first-order valence-corrected chi connectivity index (χ1v) is 9.64. The van der Waals surface area contributed by atoms with Crippen molar-refractivity contribution in [3.63, 3.8) is 0 Å². The minimum Gasteiger partial charge on any atom is -0.356 e. The molecule has 1 aliphatic heterocycles. The summed E-state index contributed by atoms with van der Waals surface area (Å²) in [6.07, 6.45) is 3.92. The van der Waals surface area contributed by atoms with Gasteiger partial charge in [-0.25, -0.2) is 9.50 Å². The first kappa shape index (κ1) is 18.6. The highest BCUT2D eigenvalue weighted by molar-refractivity contribution is 5.77. The third-order valence-electron chi connectivity index (χ3n) is 5.29. The smallest absolute Gasteiger partial charge is 0.236 e. The lowest BCUT2D eigenvalue weighted by Gasteiger charge is -2.33. The SMILES string of the molecule is Cc1cc(-c2cnc3cc(C)nn3c2C2CCCN(CC(=O)N(C)C)C2)on1. The lowest BCUT2D eigenvalue weighted by molar-refractivity contribution is -0.130. The highest BCUT2D eigenvalue weighted by Gasteiger charge is 2.29. The summed E-state index contributed by atoms with van der Waals surface area (Å²) >= 11 is 0. The van der Waals surface area contributed by atoms with Crippen LogP contribution >= 0.6 is 0 Å². The fraction of sp³-hybridized carbons (Fsp3) is 0.500. The van der Waals surface area contributed by atoms with Gasteiger partial charge in [0.05, 0.1) is 29.2 Å². The van der Waals surface area contributed by atoms with E-state index in [1.165, 1.54) is 0 Å². The van der Waals surface area contributed by atoms with E-state index >= 15 is 0 Å². The van der Waals surface area contributed by atoms with Gasteiger partial charge in [0.2, 0.25) is 5.91 Å². The first-order chi connectivity index (χ1) is 13.4. The number of fused-ring (bicyclic) bond motifs is 1. The zero-order chi connectivity index (χ0) is 19.8. The van der Waals surface area contributed by atoms with Crippen molar-refractivity contribution in [1.29, 1.82) is 0 Å². The molecule has 4 heterocycles. The van der Waals surface area contributed by atoms with Gasteiger partial charge in [-0.2, -0.15) is 5.10 Å². The molecule has 0 aliphatic carbocycles. The molecular formula is C20H26N6O2. The van der Waals surface area contributed by atoms with E-state index in [1.54, 1.807) is 19.0 Å². The topological polar surface area (TPSA) is 79.8 Å². The summed E-state index contributed by atoms with van der Waals surface area (Å²) in [4.78, 5) is 20.6. The van der Waals surface area contributed by atoms with Gasteiger partial charge in [0.15, 0.2) is 11.4 Å². The molecular weight excluding hydrogens is 356 g/mol. The molecule has 0 aromatic carbocycles. The number of hydrogen-bond acceptors (Lipinski definition) is 6. The predicted molar refractivity (Wildman–Crippen MR) is 105 cm³/mol. The molecule has 8 heteroatoms. The van der Waals surface area contributed by atoms with Crippen molar-refractivity contribution >= 4 is 11.6 Å². The monoisotopic (exact) mass is 382 g/mol. The highest BCUT2D eigenvalue weighted by atomic mass is 16.5. The lowest BCUT2D eigenvalue weighted by Crippen LogP contribution is -2.42. The highest BCUT2D eigenvalue weighted by Crippen LogP contribution is 2.34. The molecule has 3 aromatic rings. The van der Waals surface area contributed by atoms with Crippen LogP contribution in [0.1, 0.15) is 35.8 Å². The van der Waals surface area contributed by atoms with E-state index in [1.807, 2.05) is 36.7 Å². The minimum absolute atomic E-state index is 0.126. The number of likely N-dealkylation sites (tertiary alicyclic amines) is 1. The minimum atomic E-state index is 0.126. The Hall–Kier alpha value is -2.74. The van der Waals surface area contributed by atoms with Gasteiger partial charge in [-0.3, -0.25) is 9.69 Å². The second kappa shape index (κ2) is 7.35. The maximum absolute atomic E-state index is 12.2. The fourth-order valence-electron chi connectivity index (χ4n) is 3.89. The molecule has 148 valence electrons. The second-order valence-corrected chi connectivity index (χ2v) is 7.81. The maximum atomic E-state index is 12.2. The van der Waals surface area contributed by atoms with Gasteiger partial charge in [-0.05, 0) is 33.2 Å². The Morgan fingerprint density at radius 2 is 2.11 bits per heavy atom. The van der Waals surface area contributed by atoms with E-state index in [4.69, 9.17) is 9.62 Å². The number of likely N-dealkylation sites (N-methyl/N-ethyl adjacent to an activating group) is 1. The van der Waals surface area contributed by atoms with Crippen LogP contribution in [0.2, 0.25) is 0 Å². The van der Waals surface area contributed by atoms with Crippen molar-refractivity contribution in [2.45, 2.75) is 32.6 Å². The quantitative estimate of drug-likeness (QED) is 0.689. The molecule has 1 aliphatic rings. The average molecular weight is 382 g/mol. The van der Waals surface area contributed by atoms with Crippen molar-refractivity contribution in [2.75, 3.05) is 33.7 Å². The van der Waals surface area contributed by atoms with Crippen molar-refractivity contribution in [3.8, 4) is 11.3 Å². The fourth-order valence-corrected chi connectivity index (χ4v) is 3.89. The standard InChI is InChI=1S/C20H26N6O2/c1-13-9-18-21-10-16(17-8-14(2)23-28-17)20(26(18)22-13)15-6-5-7-25(11-15)12-19(27)24(3)4/h8-10,15H,5-7,11-12H2,1-4H3. The summed E-state index contributed by atoms with van der Waals surface area (Å²) in [6.45, 7) is 6.05. The van der Waals surface area contributed by atoms with E-state index in [0.29, 0.717) is 12.3 Å². The number of carbonyl (C=O) groups is 1. The van der Waals surface area contributed by atoms with Crippen LogP contribution in [-0.4, -0.2) is 69.2 Å². The molecule has 1 fully saturated rings. The number of aryl methyl sites for hydroxylation is 2. The summed E-state index contributed by atoms with van der Waals surface area (Å²) < 4.78 is 7.49. The van der Waals surface area contributed by atoms with Gasteiger partial charge in [0.25, 0.3) is 0 Å². The van der Waals surface area contributed by atoms with Crippen molar-refractivity contribution < 1.29 is 9.32 Å². The summed E-state index contributed by atoms with van der Waals surface area (Å²) in [7, 11) is 3.60. The molecule has 1 unspecified atom stereocenters. The number of amides is 1. The molecule has 3 aromatic heterocycles. The van der Waals surface area contributed by atoms with Crippen LogP contribution in [0.25, 0.3) is 17.0 Å². The van der Waals surface area contributed by atoms with Gasteiger partial charge in [0.1, 0.15) is 0 Å². The van der Waals surface area contributed by atoms with Crippen molar-refractivity contribution in [1.82, 2.24) is 29.6 Å². The maximum Gasteiger partial charge on any atom is 0.236 e. The van der Waals surface area contributed by atoms with E-state index in [9.17, 15) is 4.79 Å². The zero-order valence-electron chi connectivity index (χ0n) is 16.8. The number of carbonyl (C=O) groups excluding carboxylic acids is 1. The van der Waals surface area contributed by atoms with Gasteiger partial charge in [-0.15, -0.1) is 0 Å². The molecule has 8 nitrogen and oxygen atoms in total. The first-order valence-electron chi connectivity index (χ1n) is 9.64. The molecule has 0 radical (unpaired) electrons. The summed E-state index contributed by atoms with van der Waals surface area (Å²) in [5.74, 6) is 1.06. The van der Waals surface area contributed by atoms with Crippen LogP contribution in [-0.2, 0) is 4.79 Å². The third kappa shape index (κ3) is 3.52. The van der Waals surface area contributed by atoms with E-state index in [2.05, 4.69) is 15.0 Å². The zero-order valence-corrected chi connectivity index (χ0v) is 16.8. The van der Waals surface area contributed by atoms with Gasteiger partial charge in [0, 0.05) is 44.9 Å². The van der Waals surface area contributed by atoms with E-state index < -0.39 is 0 Å². The van der Waals surface area contributed by atoms with Crippen LogP contribution in [0.3, 0.4) is 0 Å². The van der Waals surface area contributed by atoms with Crippen LogP contribution in [0.15, 0.2) is 22.9 Å². The van der Waals surface area contributed by atoms with Gasteiger partial charge in [-0.1, -0.05) is 5.16 Å². The Morgan fingerprint density at radius 1 is 1.29 bits per heavy atom. The molecule has 4 rings (SSSR count). The van der Waals surface area contributed by atoms with Crippen LogP contribution in [0.5, 0.6) is 0 Å². The Kier molecular flexibility index (Phi) is 4.89. The summed E-state index contributed by atoms with van der Waals surface area (Å²) in [5, 5.41) is 8.74. The van der Waals surface area contributed by atoms with Gasteiger partial charge < -0.3 is 9.42 Å². The molecule has 28 heavy (non-hydrogen) atoms. The van der Waals surface area contributed by atoms with Crippen molar-refractivity contribution in [2.24, 2.45) is 0 Å². The third-order valence-corrected chi connectivity index (χ3v) is 5.29. The second-order valence-electron chi connectivity index (χ2n) is 7.81. The predicted octanol–water partition coefficient (Wildman–Crippen LogP) is 2.27. The van der Waals surface area contributed by atoms with Crippen LogP contribution in [0, 0.1) is 13.8 Å². The van der Waals surface area contributed by atoms with Gasteiger partial charge >= 0.3 is 0 Å². The Labute approximate surface area is 164 Å². The van der Waals surface area contributed by atoms with Crippen LogP contribution in [0.4, 0.5) is 0 Å². The average Bonchev–Trinajstić information content (AvgIpc) is 3.25. The number of rotatable bonds is 4. The number of hydrogen-bond donors (Lipinski definition) is 0. The Bertz CT molecular complexity index is 1010. The number of piperidine rings is 1. The van der Waals surface area contributed by atoms with Crippen molar-refractivity contribution in [3.05, 3.63) is 35.4 Å². The normalized spacial score (nSPS) is 17.9. The molecule has 1 atom stereocenters. The molecule has 1 saturated heterocycles. The molecule has 0 spiro atoms. The lowest BCUT2D eigenvalue weighted by atomic mass is 9.91. The van der Waals surface area contributed by atoms with E-state index in [0.717, 1.165) is 54.2 Å². The Morgan fingerprint density at radius 3 is 2.82 bits per heavy atom. The Balaban J connectivity index is 1.74. The summed E-state index contributed by atoms with van der Waals surface area (Å²) in [5.41, 5.74) is 4.59. The molecule has 0 saturated carbocycles. The number of aromatic nitrogens is 4. The largest absolute Gasteiger partial charge is 0.356 e. The molecule has 0 bridgehead atoms. The summed E-state index contributed by atoms with van der Waals surface area (Å²) in [6, 6.07) is 3.91. The van der Waals surface area contributed by atoms with Crippen LogP contribution < -0.4 is 0 Å². The van der Waals surface area contributed by atoms with E-state index in [-0.39, 0.29) is 11.8 Å². The molecule has 0 N–H and O–H groups in total.